The number of benzene rings is 2. The van der Waals surface area contributed by atoms with E-state index in [4.69, 9.17) is 18.9 Å². The summed E-state index contributed by atoms with van der Waals surface area (Å²) in [6.07, 6.45) is 1.42. The summed E-state index contributed by atoms with van der Waals surface area (Å²) in [5, 5.41) is 0. The third kappa shape index (κ3) is 3.93. The zero-order chi connectivity index (χ0) is 18.5. The van der Waals surface area contributed by atoms with E-state index < -0.39 is 0 Å². The number of hydrogen-bond acceptors (Lipinski definition) is 5. The van der Waals surface area contributed by atoms with Gasteiger partial charge in [0.05, 0.1) is 33.9 Å². The monoisotopic (exact) mass is 356 g/mol. The third-order valence-electron chi connectivity index (χ3n) is 4.87. The average molecular weight is 356 g/mol. The Morgan fingerprint density at radius 3 is 2.23 bits per heavy atom. The van der Waals surface area contributed by atoms with Crippen LogP contribution in [0.5, 0.6) is 17.2 Å². The van der Waals surface area contributed by atoms with Crippen molar-refractivity contribution in [2.24, 2.45) is 11.8 Å². The second-order valence-electron chi connectivity index (χ2n) is 6.44. The van der Waals surface area contributed by atoms with E-state index in [-0.39, 0.29) is 17.8 Å². The lowest BCUT2D eigenvalue weighted by atomic mass is 9.85. The van der Waals surface area contributed by atoms with Crippen LogP contribution < -0.4 is 14.2 Å². The average Bonchev–Trinajstić information content (AvgIpc) is 3.02. The zero-order valence-electron chi connectivity index (χ0n) is 15.4. The lowest BCUT2D eigenvalue weighted by molar-refractivity contribution is -0.141. The fourth-order valence-corrected chi connectivity index (χ4v) is 3.38. The summed E-state index contributed by atoms with van der Waals surface area (Å²) < 4.78 is 21.2. The SMILES string of the molecule is COc1ccc(C[C@@H]2C(=O)OC[C@H]2Cc2ccc(OC)c(OC)c2)cc1. The van der Waals surface area contributed by atoms with E-state index in [9.17, 15) is 4.79 Å². The van der Waals surface area contributed by atoms with Crippen molar-refractivity contribution in [3.05, 3.63) is 53.6 Å². The molecule has 0 saturated carbocycles. The van der Waals surface area contributed by atoms with Crippen LogP contribution in [0.15, 0.2) is 42.5 Å². The van der Waals surface area contributed by atoms with Crippen molar-refractivity contribution in [1.82, 2.24) is 0 Å². The highest BCUT2D eigenvalue weighted by molar-refractivity contribution is 5.75. The largest absolute Gasteiger partial charge is 0.497 e. The molecule has 1 aliphatic rings. The van der Waals surface area contributed by atoms with Crippen LogP contribution in [0.1, 0.15) is 11.1 Å². The van der Waals surface area contributed by atoms with E-state index in [1.54, 1.807) is 21.3 Å². The number of esters is 1. The van der Waals surface area contributed by atoms with E-state index in [1.807, 2.05) is 42.5 Å². The number of carbonyl (C=O) groups is 1. The molecule has 0 amide bonds. The van der Waals surface area contributed by atoms with E-state index in [0.717, 1.165) is 23.3 Å². The Labute approximate surface area is 153 Å². The van der Waals surface area contributed by atoms with Crippen molar-refractivity contribution < 1.29 is 23.7 Å². The minimum absolute atomic E-state index is 0.119. The summed E-state index contributed by atoms with van der Waals surface area (Å²) in [6.45, 7) is 0.452. The van der Waals surface area contributed by atoms with Crippen molar-refractivity contribution in [3.8, 4) is 17.2 Å². The standard InChI is InChI=1S/C21H24O5/c1-23-17-7-4-14(5-8-17)11-18-16(13-26-21(18)22)10-15-6-9-19(24-2)20(12-15)25-3/h4-9,12,16,18H,10-11,13H2,1-3H3/t16-,18+/m1/s1. The maximum Gasteiger partial charge on any atom is 0.309 e. The molecule has 1 heterocycles. The molecule has 0 radical (unpaired) electrons. The van der Waals surface area contributed by atoms with Crippen LogP contribution in [0.3, 0.4) is 0 Å². The summed E-state index contributed by atoms with van der Waals surface area (Å²) in [7, 11) is 4.88. The molecule has 2 aromatic rings. The molecular weight excluding hydrogens is 332 g/mol. The molecule has 0 aromatic heterocycles. The van der Waals surface area contributed by atoms with Gasteiger partial charge in [-0.25, -0.2) is 0 Å². The van der Waals surface area contributed by atoms with Crippen LogP contribution in [0.25, 0.3) is 0 Å². The molecule has 0 aliphatic carbocycles. The van der Waals surface area contributed by atoms with Crippen LogP contribution in [-0.2, 0) is 22.4 Å². The summed E-state index contributed by atoms with van der Waals surface area (Å²) in [6, 6.07) is 13.7. The van der Waals surface area contributed by atoms with Crippen molar-refractivity contribution >= 4 is 5.97 Å². The molecule has 26 heavy (non-hydrogen) atoms. The van der Waals surface area contributed by atoms with Crippen LogP contribution in [0.4, 0.5) is 0 Å². The Balaban J connectivity index is 1.73. The Bertz CT molecular complexity index is 753. The highest BCUT2D eigenvalue weighted by Gasteiger charge is 2.36. The summed E-state index contributed by atoms with van der Waals surface area (Å²) in [5.74, 6) is 2.09. The van der Waals surface area contributed by atoms with Gasteiger partial charge in [0.2, 0.25) is 0 Å². The first-order valence-electron chi connectivity index (χ1n) is 8.65. The van der Waals surface area contributed by atoms with Crippen LogP contribution in [0.2, 0.25) is 0 Å². The molecular formula is C21H24O5. The Morgan fingerprint density at radius 2 is 1.58 bits per heavy atom. The molecule has 2 atom stereocenters. The quantitative estimate of drug-likeness (QED) is 0.713. The first-order valence-corrected chi connectivity index (χ1v) is 8.65. The smallest absolute Gasteiger partial charge is 0.309 e. The maximum atomic E-state index is 12.2. The topological polar surface area (TPSA) is 54.0 Å². The second-order valence-corrected chi connectivity index (χ2v) is 6.44. The Morgan fingerprint density at radius 1 is 0.885 bits per heavy atom. The first-order chi connectivity index (χ1) is 12.6. The zero-order valence-corrected chi connectivity index (χ0v) is 15.4. The Kier molecular flexibility index (Phi) is 5.66. The molecule has 2 aromatic carbocycles. The van der Waals surface area contributed by atoms with Gasteiger partial charge in [0, 0.05) is 5.92 Å². The molecule has 5 nitrogen and oxygen atoms in total. The van der Waals surface area contributed by atoms with E-state index in [0.29, 0.717) is 24.5 Å². The molecule has 1 fully saturated rings. The number of ether oxygens (including phenoxy) is 4. The maximum absolute atomic E-state index is 12.2. The number of hydrogen-bond donors (Lipinski definition) is 0. The van der Waals surface area contributed by atoms with Gasteiger partial charge in [-0.3, -0.25) is 4.79 Å². The summed E-state index contributed by atoms with van der Waals surface area (Å²) in [4.78, 5) is 12.2. The second kappa shape index (κ2) is 8.13. The minimum atomic E-state index is -0.142. The van der Waals surface area contributed by atoms with E-state index in [2.05, 4.69) is 0 Å². The highest BCUT2D eigenvalue weighted by atomic mass is 16.5. The number of rotatable bonds is 7. The van der Waals surface area contributed by atoms with Crippen LogP contribution >= 0.6 is 0 Å². The van der Waals surface area contributed by atoms with Crippen molar-refractivity contribution in [2.45, 2.75) is 12.8 Å². The van der Waals surface area contributed by atoms with Gasteiger partial charge in [0.1, 0.15) is 5.75 Å². The van der Waals surface area contributed by atoms with Gasteiger partial charge < -0.3 is 18.9 Å². The van der Waals surface area contributed by atoms with Gasteiger partial charge in [-0.05, 0) is 48.2 Å². The van der Waals surface area contributed by atoms with Crippen molar-refractivity contribution in [3.63, 3.8) is 0 Å². The van der Waals surface area contributed by atoms with Crippen molar-refractivity contribution in [2.75, 3.05) is 27.9 Å². The summed E-state index contributed by atoms with van der Waals surface area (Å²) >= 11 is 0. The Hall–Kier alpha value is -2.69. The predicted molar refractivity (Wildman–Crippen MR) is 97.9 cm³/mol. The summed E-state index contributed by atoms with van der Waals surface area (Å²) in [5.41, 5.74) is 2.21. The van der Waals surface area contributed by atoms with Gasteiger partial charge in [-0.15, -0.1) is 0 Å². The van der Waals surface area contributed by atoms with Gasteiger partial charge in [0.25, 0.3) is 0 Å². The number of cyclic esters (lactones) is 1. The molecule has 0 N–H and O–H groups in total. The van der Waals surface area contributed by atoms with Gasteiger partial charge in [0.15, 0.2) is 11.5 Å². The molecule has 3 rings (SSSR count). The molecule has 0 unspecified atom stereocenters. The minimum Gasteiger partial charge on any atom is -0.497 e. The lowest BCUT2D eigenvalue weighted by Crippen LogP contribution is -2.20. The highest BCUT2D eigenvalue weighted by Crippen LogP contribution is 2.33. The van der Waals surface area contributed by atoms with E-state index >= 15 is 0 Å². The lowest BCUT2D eigenvalue weighted by Gasteiger charge is -2.16. The number of methoxy groups -OCH3 is 3. The third-order valence-corrected chi connectivity index (χ3v) is 4.87. The van der Waals surface area contributed by atoms with Gasteiger partial charge >= 0.3 is 5.97 Å². The van der Waals surface area contributed by atoms with Crippen LogP contribution in [-0.4, -0.2) is 33.9 Å². The van der Waals surface area contributed by atoms with Crippen molar-refractivity contribution in [1.29, 1.82) is 0 Å². The molecule has 5 heteroatoms. The fourth-order valence-electron chi connectivity index (χ4n) is 3.38. The molecule has 1 saturated heterocycles. The predicted octanol–water partition coefficient (Wildman–Crippen LogP) is 3.29. The fraction of sp³-hybridized carbons (Fsp3) is 0.381. The number of carbonyl (C=O) groups excluding carboxylic acids is 1. The van der Waals surface area contributed by atoms with Gasteiger partial charge in [-0.1, -0.05) is 18.2 Å². The molecule has 1 aliphatic heterocycles. The van der Waals surface area contributed by atoms with E-state index in [1.165, 1.54) is 0 Å². The van der Waals surface area contributed by atoms with Crippen LogP contribution in [0, 0.1) is 11.8 Å². The van der Waals surface area contributed by atoms with Gasteiger partial charge in [-0.2, -0.15) is 0 Å². The molecule has 0 spiro atoms. The molecule has 138 valence electrons. The first kappa shape index (κ1) is 18.1. The molecule has 0 bridgehead atoms. The normalized spacial score (nSPS) is 19.1.